The topological polar surface area (TPSA) is 52.7 Å². The zero-order valence-electron chi connectivity index (χ0n) is 9.85. The molecule has 0 spiro atoms. The molecule has 0 saturated carbocycles. The number of rotatable bonds is 3. The Morgan fingerprint density at radius 1 is 1.25 bits per heavy atom. The zero-order valence-corrected chi connectivity index (χ0v) is 10.7. The van der Waals surface area contributed by atoms with Gasteiger partial charge in [-0.15, -0.1) is 0 Å². The first-order chi connectivity index (χ1) is 7.62. The largest absolute Gasteiger partial charge is 0.315 e. The lowest BCUT2D eigenvalue weighted by molar-refractivity contribution is 0.295. The summed E-state index contributed by atoms with van der Waals surface area (Å²) in [5.74, 6) is 0. The van der Waals surface area contributed by atoms with E-state index >= 15 is 0 Å². The minimum Gasteiger partial charge on any atom is -0.315 e. The number of hydrogen-bond acceptors (Lipinski definition) is 3. The lowest BCUT2D eigenvalue weighted by Gasteiger charge is -2.32. The second-order valence-electron chi connectivity index (χ2n) is 4.63. The van der Waals surface area contributed by atoms with Gasteiger partial charge in [-0.05, 0) is 25.8 Å². The van der Waals surface area contributed by atoms with Gasteiger partial charge in [-0.1, -0.05) is 6.42 Å². The van der Waals surface area contributed by atoms with Crippen molar-refractivity contribution in [3.8, 4) is 0 Å². The fourth-order valence-corrected chi connectivity index (χ4v) is 4.06. The smallest absolute Gasteiger partial charge is 0.282 e. The van der Waals surface area contributed by atoms with E-state index in [2.05, 4.69) is 5.32 Å². The molecule has 1 atom stereocenters. The highest BCUT2D eigenvalue weighted by molar-refractivity contribution is 7.86. The Balaban J connectivity index is 2.04. The Kier molecular flexibility index (Phi) is 3.84. The summed E-state index contributed by atoms with van der Waals surface area (Å²) in [5.41, 5.74) is 0. The summed E-state index contributed by atoms with van der Waals surface area (Å²) in [6, 6.07) is 0.131. The predicted molar refractivity (Wildman–Crippen MR) is 63.4 cm³/mol. The standard InChI is InChI=1S/C10H21N3O2S/c1-12(10-5-6-11-9-10)16(14,15)13-7-3-2-4-8-13/h10-11H,2-9H2,1H3. The van der Waals surface area contributed by atoms with Gasteiger partial charge < -0.3 is 5.32 Å². The summed E-state index contributed by atoms with van der Waals surface area (Å²) in [6.07, 6.45) is 4.07. The molecule has 0 aromatic rings. The monoisotopic (exact) mass is 247 g/mol. The van der Waals surface area contributed by atoms with E-state index in [4.69, 9.17) is 0 Å². The van der Waals surface area contributed by atoms with Crippen molar-refractivity contribution < 1.29 is 8.42 Å². The highest BCUT2D eigenvalue weighted by Gasteiger charge is 2.33. The van der Waals surface area contributed by atoms with Gasteiger partial charge in [0.25, 0.3) is 10.2 Å². The Morgan fingerprint density at radius 2 is 1.94 bits per heavy atom. The summed E-state index contributed by atoms with van der Waals surface area (Å²) in [7, 11) is -1.51. The molecule has 6 heteroatoms. The van der Waals surface area contributed by atoms with Gasteiger partial charge in [-0.2, -0.15) is 17.0 Å². The van der Waals surface area contributed by atoms with Gasteiger partial charge in [0.05, 0.1) is 0 Å². The molecule has 2 saturated heterocycles. The average molecular weight is 247 g/mol. The molecule has 0 amide bonds. The Labute approximate surface area is 98.0 Å². The van der Waals surface area contributed by atoms with Crippen molar-refractivity contribution in [1.29, 1.82) is 0 Å². The van der Waals surface area contributed by atoms with Crippen molar-refractivity contribution in [3.05, 3.63) is 0 Å². The molecule has 2 aliphatic heterocycles. The molecule has 16 heavy (non-hydrogen) atoms. The maximum Gasteiger partial charge on any atom is 0.282 e. The minimum atomic E-state index is -3.22. The van der Waals surface area contributed by atoms with Crippen LogP contribution >= 0.6 is 0 Å². The van der Waals surface area contributed by atoms with Crippen molar-refractivity contribution in [1.82, 2.24) is 13.9 Å². The fourth-order valence-electron chi connectivity index (χ4n) is 2.42. The molecule has 1 N–H and O–H groups in total. The first-order valence-electron chi connectivity index (χ1n) is 6.06. The molecule has 2 aliphatic rings. The van der Waals surface area contributed by atoms with E-state index in [9.17, 15) is 8.42 Å². The molecular formula is C10H21N3O2S. The van der Waals surface area contributed by atoms with Crippen LogP contribution in [0.15, 0.2) is 0 Å². The molecule has 0 aromatic carbocycles. The minimum absolute atomic E-state index is 0.131. The third-order valence-electron chi connectivity index (χ3n) is 3.55. The van der Waals surface area contributed by atoms with Gasteiger partial charge in [-0.3, -0.25) is 0 Å². The van der Waals surface area contributed by atoms with Crippen LogP contribution < -0.4 is 5.32 Å². The zero-order chi connectivity index (χ0) is 11.6. The summed E-state index contributed by atoms with van der Waals surface area (Å²) in [4.78, 5) is 0. The quantitative estimate of drug-likeness (QED) is 0.764. The Bertz CT molecular complexity index is 319. The summed E-state index contributed by atoms with van der Waals surface area (Å²) in [6.45, 7) is 3.08. The van der Waals surface area contributed by atoms with Crippen molar-refractivity contribution in [3.63, 3.8) is 0 Å². The molecule has 0 bridgehead atoms. The summed E-state index contributed by atoms with van der Waals surface area (Å²) >= 11 is 0. The average Bonchev–Trinajstić information content (AvgIpc) is 2.82. The molecule has 0 aromatic heterocycles. The van der Waals surface area contributed by atoms with E-state index in [0.29, 0.717) is 13.1 Å². The molecule has 2 rings (SSSR count). The van der Waals surface area contributed by atoms with Crippen LogP contribution in [0.4, 0.5) is 0 Å². The number of hydrogen-bond donors (Lipinski definition) is 1. The number of likely N-dealkylation sites (N-methyl/N-ethyl adjacent to an activating group) is 1. The lowest BCUT2D eigenvalue weighted by atomic mass is 10.2. The number of nitrogens with zero attached hydrogens (tertiary/aromatic N) is 2. The van der Waals surface area contributed by atoms with Crippen LogP contribution in [0.2, 0.25) is 0 Å². The first-order valence-corrected chi connectivity index (χ1v) is 7.46. The lowest BCUT2D eigenvalue weighted by Crippen LogP contribution is -2.48. The molecule has 0 radical (unpaired) electrons. The Morgan fingerprint density at radius 3 is 2.50 bits per heavy atom. The first kappa shape index (κ1) is 12.3. The summed E-state index contributed by atoms with van der Waals surface area (Å²) < 4.78 is 27.8. The van der Waals surface area contributed by atoms with Crippen LogP contribution in [-0.4, -0.2) is 56.3 Å². The molecular weight excluding hydrogens is 226 g/mol. The van der Waals surface area contributed by atoms with Crippen LogP contribution in [0.3, 0.4) is 0 Å². The van der Waals surface area contributed by atoms with Crippen molar-refractivity contribution >= 4 is 10.2 Å². The van der Waals surface area contributed by atoms with Crippen LogP contribution in [0.1, 0.15) is 25.7 Å². The van der Waals surface area contributed by atoms with E-state index < -0.39 is 10.2 Å². The van der Waals surface area contributed by atoms with E-state index in [1.807, 2.05) is 0 Å². The molecule has 0 aliphatic carbocycles. The molecule has 2 fully saturated rings. The van der Waals surface area contributed by atoms with Crippen molar-refractivity contribution in [2.75, 3.05) is 33.2 Å². The van der Waals surface area contributed by atoms with Crippen molar-refractivity contribution in [2.45, 2.75) is 31.7 Å². The third-order valence-corrected chi connectivity index (χ3v) is 5.60. The maximum atomic E-state index is 12.3. The number of piperidine rings is 1. The second-order valence-corrected chi connectivity index (χ2v) is 6.62. The third kappa shape index (κ3) is 2.40. The highest BCUT2D eigenvalue weighted by Crippen LogP contribution is 2.19. The summed E-state index contributed by atoms with van der Waals surface area (Å²) in [5, 5.41) is 3.20. The van der Waals surface area contributed by atoms with Gasteiger partial charge in [0, 0.05) is 32.7 Å². The van der Waals surface area contributed by atoms with Gasteiger partial charge in [0.1, 0.15) is 0 Å². The van der Waals surface area contributed by atoms with Gasteiger partial charge in [0.2, 0.25) is 0 Å². The van der Waals surface area contributed by atoms with E-state index in [1.165, 1.54) is 0 Å². The molecule has 5 nitrogen and oxygen atoms in total. The fraction of sp³-hybridized carbons (Fsp3) is 1.00. The SMILES string of the molecule is CN(C1CCNC1)S(=O)(=O)N1CCCCC1. The normalized spacial score (nSPS) is 28.8. The molecule has 94 valence electrons. The van der Waals surface area contributed by atoms with Crippen molar-refractivity contribution in [2.24, 2.45) is 0 Å². The van der Waals surface area contributed by atoms with E-state index in [0.717, 1.165) is 38.8 Å². The van der Waals surface area contributed by atoms with Crippen LogP contribution in [-0.2, 0) is 10.2 Å². The predicted octanol–water partition coefficient (Wildman–Crippen LogP) is 0.0108. The Hall–Kier alpha value is -0.170. The van der Waals surface area contributed by atoms with E-state index in [1.54, 1.807) is 15.7 Å². The highest BCUT2D eigenvalue weighted by atomic mass is 32.2. The van der Waals surface area contributed by atoms with Gasteiger partial charge in [-0.25, -0.2) is 0 Å². The maximum absolute atomic E-state index is 12.3. The van der Waals surface area contributed by atoms with Crippen LogP contribution in [0.5, 0.6) is 0 Å². The molecule has 1 unspecified atom stereocenters. The van der Waals surface area contributed by atoms with Crippen LogP contribution in [0.25, 0.3) is 0 Å². The molecule has 2 heterocycles. The van der Waals surface area contributed by atoms with E-state index in [-0.39, 0.29) is 6.04 Å². The van der Waals surface area contributed by atoms with Gasteiger partial charge in [0.15, 0.2) is 0 Å². The van der Waals surface area contributed by atoms with Gasteiger partial charge >= 0.3 is 0 Å². The van der Waals surface area contributed by atoms with Crippen LogP contribution in [0, 0.1) is 0 Å². The number of nitrogens with one attached hydrogen (secondary N) is 1. The second kappa shape index (κ2) is 5.00.